The summed E-state index contributed by atoms with van der Waals surface area (Å²) in [6.07, 6.45) is 5.15. The third-order valence-electron chi connectivity index (χ3n) is 2.50. The van der Waals surface area contributed by atoms with Gasteiger partial charge in [-0.3, -0.25) is 5.84 Å². The van der Waals surface area contributed by atoms with Gasteiger partial charge in [0.05, 0.1) is 0 Å². The smallest absolute Gasteiger partial charge is 0.0243 e. The number of hydrazine groups is 1. The van der Waals surface area contributed by atoms with Gasteiger partial charge in [-0.15, -0.1) is 0 Å². The summed E-state index contributed by atoms with van der Waals surface area (Å²) in [5.41, 5.74) is 3.03. The largest absolute Gasteiger partial charge is 0.261 e. The number of benzene rings is 1. The van der Waals surface area contributed by atoms with Crippen molar-refractivity contribution in [2.75, 3.05) is 0 Å². The van der Waals surface area contributed by atoms with Crippen LogP contribution in [0.15, 0.2) is 23.1 Å². The molecule has 0 bridgehead atoms. The zero-order valence-corrected chi connectivity index (χ0v) is 8.36. The lowest BCUT2D eigenvalue weighted by Gasteiger charge is -2.15. The summed E-state index contributed by atoms with van der Waals surface area (Å²) in [4.78, 5) is 3.82. The molecule has 0 amide bonds. The molecule has 0 saturated heterocycles. The van der Waals surface area contributed by atoms with Crippen LogP contribution in [0.4, 0.5) is 0 Å². The average Bonchev–Trinajstić information content (AvgIpc) is 2.18. The van der Waals surface area contributed by atoms with E-state index in [2.05, 4.69) is 23.0 Å². The van der Waals surface area contributed by atoms with Crippen LogP contribution in [0.5, 0.6) is 0 Å². The first kappa shape index (κ1) is 9.06. The molecule has 3 heteroatoms. The average molecular weight is 194 g/mol. The first-order valence-electron chi connectivity index (χ1n) is 4.64. The highest BCUT2D eigenvalue weighted by atomic mass is 32.2. The molecule has 70 valence electrons. The highest BCUT2D eigenvalue weighted by Crippen LogP contribution is 2.25. The Morgan fingerprint density at radius 3 is 2.69 bits per heavy atom. The number of hydrogen-bond acceptors (Lipinski definition) is 3. The van der Waals surface area contributed by atoms with Gasteiger partial charge in [0.1, 0.15) is 0 Å². The van der Waals surface area contributed by atoms with Gasteiger partial charge in [0.15, 0.2) is 0 Å². The molecule has 2 nitrogen and oxygen atoms in total. The van der Waals surface area contributed by atoms with Gasteiger partial charge >= 0.3 is 0 Å². The number of aryl methyl sites for hydroxylation is 2. The van der Waals surface area contributed by atoms with Crippen LogP contribution in [-0.2, 0) is 12.8 Å². The Labute approximate surface area is 83.0 Å². The van der Waals surface area contributed by atoms with Crippen molar-refractivity contribution in [1.82, 2.24) is 4.83 Å². The van der Waals surface area contributed by atoms with Gasteiger partial charge in [0, 0.05) is 4.90 Å². The Bertz CT molecular complexity index is 299. The third kappa shape index (κ3) is 2.05. The normalized spacial score (nSPS) is 15.5. The molecule has 0 saturated carbocycles. The van der Waals surface area contributed by atoms with E-state index < -0.39 is 0 Å². The summed E-state index contributed by atoms with van der Waals surface area (Å²) in [6.45, 7) is 0. The summed E-state index contributed by atoms with van der Waals surface area (Å²) in [5, 5.41) is 0. The fraction of sp³-hybridized carbons (Fsp3) is 0.400. The van der Waals surface area contributed by atoms with Crippen LogP contribution in [0, 0.1) is 0 Å². The van der Waals surface area contributed by atoms with E-state index in [4.69, 9.17) is 5.84 Å². The molecule has 1 aromatic carbocycles. The SMILES string of the molecule is NNSc1ccc2c(c1)CCCC2. The van der Waals surface area contributed by atoms with Gasteiger partial charge < -0.3 is 0 Å². The molecule has 0 aromatic heterocycles. The molecule has 0 spiro atoms. The molecule has 0 atom stereocenters. The van der Waals surface area contributed by atoms with Crippen LogP contribution in [0.3, 0.4) is 0 Å². The van der Waals surface area contributed by atoms with E-state index in [1.807, 2.05) is 0 Å². The second kappa shape index (κ2) is 4.13. The van der Waals surface area contributed by atoms with Gasteiger partial charge in [0.25, 0.3) is 0 Å². The molecule has 0 fully saturated rings. The van der Waals surface area contributed by atoms with Gasteiger partial charge in [-0.25, -0.2) is 0 Å². The van der Waals surface area contributed by atoms with E-state index in [0.29, 0.717) is 0 Å². The molecule has 0 radical (unpaired) electrons. The Balaban J connectivity index is 2.24. The van der Waals surface area contributed by atoms with Crippen molar-refractivity contribution in [3.8, 4) is 0 Å². The molecule has 2 rings (SSSR count). The first-order valence-corrected chi connectivity index (χ1v) is 5.46. The van der Waals surface area contributed by atoms with Gasteiger partial charge in [-0.1, -0.05) is 6.07 Å². The molecule has 1 aromatic rings. The zero-order chi connectivity index (χ0) is 9.10. The Kier molecular flexibility index (Phi) is 2.88. The predicted octanol–water partition coefficient (Wildman–Crippen LogP) is 2.04. The molecule has 13 heavy (non-hydrogen) atoms. The van der Waals surface area contributed by atoms with Crippen molar-refractivity contribution >= 4 is 11.9 Å². The molecule has 1 aliphatic rings. The lowest BCUT2D eigenvalue weighted by atomic mass is 9.92. The van der Waals surface area contributed by atoms with Crippen molar-refractivity contribution in [1.29, 1.82) is 0 Å². The van der Waals surface area contributed by atoms with E-state index in [9.17, 15) is 0 Å². The predicted molar refractivity (Wildman–Crippen MR) is 56.3 cm³/mol. The summed E-state index contributed by atoms with van der Waals surface area (Å²) in [7, 11) is 0. The van der Waals surface area contributed by atoms with Crippen LogP contribution in [0.2, 0.25) is 0 Å². The van der Waals surface area contributed by atoms with E-state index in [1.165, 1.54) is 53.7 Å². The van der Waals surface area contributed by atoms with E-state index >= 15 is 0 Å². The lowest BCUT2D eigenvalue weighted by molar-refractivity contribution is 0.683. The summed E-state index contributed by atoms with van der Waals surface area (Å²) in [6, 6.07) is 6.61. The molecule has 3 N–H and O–H groups in total. The zero-order valence-electron chi connectivity index (χ0n) is 7.55. The number of rotatable bonds is 2. The molecule has 0 unspecified atom stereocenters. The molecule has 0 heterocycles. The molecular weight excluding hydrogens is 180 g/mol. The Hall–Kier alpha value is -0.510. The summed E-state index contributed by atoms with van der Waals surface area (Å²) in [5.74, 6) is 5.25. The van der Waals surface area contributed by atoms with Crippen molar-refractivity contribution in [3.63, 3.8) is 0 Å². The number of nitrogens with two attached hydrogens (primary N) is 1. The van der Waals surface area contributed by atoms with Gasteiger partial charge in [-0.05, 0) is 60.9 Å². The van der Waals surface area contributed by atoms with E-state index in [0.717, 1.165) is 0 Å². The van der Waals surface area contributed by atoms with Gasteiger partial charge in [0.2, 0.25) is 0 Å². The highest BCUT2D eigenvalue weighted by molar-refractivity contribution is 7.97. The number of hydrogen-bond donors (Lipinski definition) is 2. The number of nitrogens with one attached hydrogen (secondary N) is 1. The van der Waals surface area contributed by atoms with Crippen molar-refractivity contribution in [2.45, 2.75) is 30.6 Å². The minimum absolute atomic E-state index is 1.21. The third-order valence-corrected chi connectivity index (χ3v) is 3.10. The molecular formula is C10H14N2S. The van der Waals surface area contributed by atoms with Crippen LogP contribution in [-0.4, -0.2) is 0 Å². The Morgan fingerprint density at radius 2 is 1.92 bits per heavy atom. The molecule has 0 aliphatic heterocycles. The minimum Gasteiger partial charge on any atom is -0.261 e. The van der Waals surface area contributed by atoms with Crippen LogP contribution >= 0.6 is 11.9 Å². The maximum atomic E-state index is 5.25. The summed E-state index contributed by atoms with van der Waals surface area (Å²) < 4.78 is 0. The maximum Gasteiger partial charge on any atom is 0.0243 e. The Morgan fingerprint density at radius 1 is 1.15 bits per heavy atom. The van der Waals surface area contributed by atoms with E-state index in [1.54, 1.807) is 0 Å². The quantitative estimate of drug-likeness (QED) is 0.430. The maximum absolute atomic E-state index is 5.25. The fourth-order valence-corrected chi connectivity index (χ4v) is 2.31. The van der Waals surface area contributed by atoms with Crippen LogP contribution in [0.25, 0.3) is 0 Å². The standard InChI is InChI=1S/C10H14N2S/c11-12-13-10-6-5-8-3-1-2-4-9(8)7-10/h5-7,12H,1-4,11H2. The van der Waals surface area contributed by atoms with Crippen LogP contribution in [0.1, 0.15) is 24.0 Å². The topological polar surface area (TPSA) is 38.0 Å². The fourth-order valence-electron chi connectivity index (χ4n) is 1.84. The summed E-state index contributed by atoms with van der Waals surface area (Å²) >= 11 is 1.48. The van der Waals surface area contributed by atoms with Crippen LogP contribution < -0.4 is 10.7 Å². The highest BCUT2D eigenvalue weighted by Gasteiger charge is 2.08. The van der Waals surface area contributed by atoms with E-state index in [-0.39, 0.29) is 0 Å². The molecule has 1 aliphatic carbocycles. The van der Waals surface area contributed by atoms with Gasteiger partial charge in [-0.2, -0.15) is 4.83 Å². The van der Waals surface area contributed by atoms with Crippen molar-refractivity contribution < 1.29 is 0 Å². The number of fused-ring (bicyclic) bond motifs is 1. The first-order chi connectivity index (χ1) is 6.40. The monoisotopic (exact) mass is 194 g/mol. The second-order valence-corrected chi connectivity index (χ2v) is 4.27. The second-order valence-electron chi connectivity index (χ2n) is 3.36. The minimum atomic E-state index is 1.21. The van der Waals surface area contributed by atoms with Crippen molar-refractivity contribution in [2.24, 2.45) is 5.84 Å². The lowest BCUT2D eigenvalue weighted by Crippen LogP contribution is -2.11. The van der Waals surface area contributed by atoms with Crippen molar-refractivity contribution in [3.05, 3.63) is 29.3 Å².